The van der Waals surface area contributed by atoms with Crippen molar-refractivity contribution < 1.29 is 54.4 Å². The van der Waals surface area contributed by atoms with Crippen LogP contribution in [0.1, 0.15) is 44.2 Å². The molecule has 2 aromatic carbocycles. The lowest BCUT2D eigenvalue weighted by Crippen LogP contribution is -2.43. The molecule has 44 heavy (non-hydrogen) atoms. The summed E-state index contributed by atoms with van der Waals surface area (Å²) in [7, 11) is 0. The third-order valence-electron chi connectivity index (χ3n) is 6.84. The number of hydrogen-bond acceptors (Lipinski definition) is 11. The van der Waals surface area contributed by atoms with Crippen molar-refractivity contribution >= 4 is 11.9 Å². The number of ether oxygens (including phenoxy) is 3. The molecule has 0 radical (unpaired) electrons. The zero-order chi connectivity index (χ0) is 33.0. The van der Waals surface area contributed by atoms with Gasteiger partial charge in [-0.3, -0.25) is 0 Å². The van der Waals surface area contributed by atoms with Crippen molar-refractivity contribution in [2.24, 2.45) is 10.8 Å². The fourth-order valence-corrected chi connectivity index (χ4v) is 3.83. The number of aliphatic hydroxyl groups is 6. The van der Waals surface area contributed by atoms with Crippen LogP contribution in [0.2, 0.25) is 0 Å². The van der Waals surface area contributed by atoms with Gasteiger partial charge in [-0.25, -0.2) is 9.59 Å². The van der Waals surface area contributed by atoms with Gasteiger partial charge in [-0.1, -0.05) is 43.3 Å². The van der Waals surface area contributed by atoms with Gasteiger partial charge in [0.05, 0.1) is 63.7 Å². The zero-order valence-electron chi connectivity index (χ0n) is 25.6. The average molecular weight is 619 g/mol. The highest BCUT2D eigenvalue weighted by Gasteiger charge is 2.32. The molecule has 0 unspecified atom stereocenters. The predicted octanol–water partition coefficient (Wildman–Crippen LogP) is 2.12. The second-order valence-corrected chi connectivity index (χ2v) is 10.4. The van der Waals surface area contributed by atoms with Gasteiger partial charge in [-0.2, -0.15) is 0 Å². The van der Waals surface area contributed by atoms with Gasteiger partial charge < -0.3 is 44.8 Å². The first-order chi connectivity index (χ1) is 21.1. The summed E-state index contributed by atoms with van der Waals surface area (Å²) in [5.41, 5.74) is -0.0675. The third-order valence-corrected chi connectivity index (χ3v) is 6.84. The molecule has 0 aliphatic carbocycles. The Morgan fingerprint density at radius 3 is 1.20 bits per heavy atom. The Bertz CT molecular complexity index is 1040. The van der Waals surface area contributed by atoms with Crippen molar-refractivity contribution in [2.45, 2.75) is 33.1 Å². The normalized spacial score (nSPS) is 12.6. The maximum atomic E-state index is 11.5. The molecule has 0 aromatic heterocycles. The number of esters is 2. The van der Waals surface area contributed by atoms with E-state index in [1.807, 2.05) is 24.3 Å². The van der Waals surface area contributed by atoms with Gasteiger partial charge in [0.1, 0.15) is 11.5 Å². The lowest BCUT2D eigenvalue weighted by Gasteiger charge is -2.31. The van der Waals surface area contributed by atoms with Gasteiger partial charge in [0.25, 0.3) is 0 Å². The molecule has 0 aliphatic rings. The van der Waals surface area contributed by atoms with Crippen LogP contribution in [0.15, 0.2) is 72.8 Å². The minimum atomic E-state index is -1.16. The molecule has 6 N–H and O–H groups in total. The summed E-state index contributed by atoms with van der Waals surface area (Å²) in [6, 6.07) is 15.1. The summed E-state index contributed by atoms with van der Waals surface area (Å²) >= 11 is 0. The summed E-state index contributed by atoms with van der Waals surface area (Å²) in [5.74, 6) is 0.456. The number of allylic oxidation sites excluding steroid dienone is 2. The first kappa shape index (κ1) is 38.6. The van der Waals surface area contributed by atoms with Crippen LogP contribution < -0.4 is 9.47 Å². The molecule has 0 atom stereocenters. The smallest absolute Gasteiger partial charge is 0.335 e. The van der Waals surface area contributed by atoms with E-state index < -0.39 is 50.5 Å². The molecule has 0 fully saturated rings. The highest BCUT2D eigenvalue weighted by atomic mass is 16.5. The second kappa shape index (κ2) is 20.5. The average Bonchev–Trinajstić information content (AvgIpc) is 3.04. The number of aliphatic hydroxyl groups excluding tert-OH is 6. The number of carbonyl (C=O) groups is 2. The van der Waals surface area contributed by atoms with Crippen LogP contribution in [-0.4, -0.2) is 95.4 Å². The van der Waals surface area contributed by atoms with E-state index in [9.17, 15) is 9.59 Å². The molecule has 2 aromatic rings. The number of hydrogen-bond donors (Lipinski definition) is 6. The van der Waals surface area contributed by atoms with E-state index in [0.717, 1.165) is 17.5 Å². The molecule has 0 aliphatic heterocycles. The van der Waals surface area contributed by atoms with Crippen LogP contribution in [0.4, 0.5) is 0 Å². The summed E-state index contributed by atoms with van der Waals surface area (Å²) in [6.45, 7) is 2.64. The lowest BCUT2D eigenvalue weighted by molar-refractivity contribution is -0.129. The highest BCUT2D eigenvalue weighted by molar-refractivity contribution is 5.84. The van der Waals surface area contributed by atoms with Crippen molar-refractivity contribution in [1.82, 2.24) is 0 Å². The van der Waals surface area contributed by atoms with E-state index in [1.165, 1.54) is 12.2 Å². The molecule has 2 rings (SSSR count). The molecule has 0 amide bonds. The van der Waals surface area contributed by atoms with E-state index in [4.69, 9.17) is 44.8 Å². The van der Waals surface area contributed by atoms with Crippen LogP contribution in [0, 0.1) is 10.8 Å². The number of rotatable bonds is 17. The minimum absolute atomic E-state index is 0.141. The predicted molar refractivity (Wildman–Crippen MR) is 164 cm³/mol. The molecule has 0 saturated heterocycles. The van der Waals surface area contributed by atoms with Crippen LogP contribution in [0.25, 0.3) is 0 Å². The van der Waals surface area contributed by atoms with E-state index in [-0.39, 0.29) is 31.1 Å². The summed E-state index contributed by atoms with van der Waals surface area (Å²) in [4.78, 5) is 23.0. The summed E-state index contributed by atoms with van der Waals surface area (Å²) in [6.07, 6.45) is 6.96. The van der Waals surface area contributed by atoms with E-state index >= 15 is 0 Å². The SMILES string of the molecule is CC=CC(=O)Oc1ccc(C(CC)c2ccc(OC(=O)C=CC)cc2)cc1.OCC(CO)(CO)COCC(CO)(CO)CO. The van der Waals surface area contributed by atoms with E-state index in [2.05, 4.69) is 6.92 Å². The van der Waals surface area contributed by atoms with Gasteiger partial charge in [-0.05, 0) is 55.7 Å². The van der Waals surface area contributed by atoms with Crippen molar-refractivity contribution in [3.8, 4) is 11.5 Å². The van der Waals surface area contributed by atoms with Gasteiger partial charge in [-0.15, -0.1) is 0 Å². The Morgan fingerprint density at radius 2 is 0.955 bits per heavy atom. The first-order valence-electron chi connectivity index (χ1n) is 14.3. The molecular formula is C33H46O11. The fraction of sp³-hybridized carbons (Fsp3) is 0.455. The van der Waals surface area contributed by atoms with Crippen molar-refractivity contribution in [2.75, 3.05) is 52.9 Å². The van der Waals surface area contributed by atoms with Gasteiger partial charge in [0.15, 0.2) is 0 Å². The molecule has 0 saturated carbocycles. The summed E-state index contributed by atoms with van der Waals surface area (Å²) in [5, 5.41) is 54.2. The molecule has 0 spiro atoms. The van der Waals surface area contributed by atoms with Crippen LogP contribution in [0.5, 0.6) is 11.5 Å². The second-order valence-electron chi connectivity index (χ2n) is 10.4. The lowest BCUT2D eigenvalue weighted by atomic mass is 9.89. The molecule has 0 heterocycles. The first-order valence-corrected chi connectivity index (χ1v) is 14.3. The van der Waals surface area contributed by atoms with Crippen molar-refractivity contribution in [3.63, 3.8) is 0 Å². The Labute approximate surface area is 258 Å². The standard InChI is InChI=1S/C23H24O4.C10H22O7/c1-4-7-22(24)26-19-13-9-17(10-14-19)21(6-3)18-11-15-20(16-12-18)27-23(25)8-5-2;11-1-9(2-12,3-13)7-17-8-10(4-14,5-15)6-16/h4-5,7-16,21H,6H2,1-3H3;11-16H,1-8H2. The largest absolute Gasteiger partial charge is 0.423 e. The number of carbonyl (C=O) groups excluding carboxylic acids is 2. The maximum Gasteiger partial charge on any atom is 0.335 e. The van der Waals surface area contributed by atoms with Crippen LogP contribution in [-0.2, 0) is 14.3 Å². The molecule has 244 valence electrons. The van der Waals surface area contributed by atoms with Gasteiger partial charge in [0, 0.05) is 18.1 Å². The highest BCUT2D eigenvalue weighted by Crippen LogP contribution is 2.30. The van der Waals surface area contributed by atoms with Gasteiger partial charge >= 0.3 is 11.9 Å². The summed E-state index contributed by atoms with van der Waals surface area (Å²) < 4.78 is 15.6. The van der Waals surface area contributed by atoms with Crippen LogP contribution in [0.3, 0.4) is 0 Å². The van der Waals surface area contributed by atoms with Crippen molar-refractivity contribution in [3.05, 3.63) is 84.0 Å². The molecule has 11 nitrogen and oxygen atoms in total. The zero-order valence-corrected chi connectivity index (χ0v) is 25.6. The Balaban J connectivity index is 0.000000493. The topological polar surface area (TPSA) is 183 Å². The van der Waals surface area contributed by atoms with E-state index in [1.54, 1.807) is 50.3 Å². The molecule has 11 heteroatoms. The minimum Gasteiger partial charge on any atom is -0.423 e. The van der Waals surface area contributed by atoms with Gasteiger partial charge in [0.2, 0.25) is 0 Å². The Hall–Kier alpha value is -3.42. The third kappa shape index (κ3) is 12.3. The fourth-order valence-electron chi connectivity index (χ4n) is 3.83. The quantitative estimate of drug-likeness (QED) is 0.0867. The Kier molecular flexibility index (Phi) is 18.0. The van der Waals surface area contributed by atoms with E-state index in [0.29, 0.717) is 11.5 Å². The maximum absolute atomic E-state index is 11.5. The molecular weight excluding hydrogens is 572 g/mol. The van der Waals surface area contributed by atoms with Crippen LogP contribution >= 0.6 is 0 Å². The number of benzene rings is 2. The Morgan fingerprint density at radius 1 is 0.636 bits per heavy atom. The van der Waals surface area contributed by atoms with Crippen molar-refractivity contribution in [1.29, 1.82) is 0 Å². The monoisotopic (exact) mass is 618 g/mol. The molecule has 0 bridgehead atoms.